The predicted octanol–water partition coefficient (Wildman–Crippen LogP) is 1.01. The van der Waals surface area contributed by atoms with E-state index in [2.05, 4.69) is 4.72 Å². The van der Waals surface area contributed by atoms with Gasteiger partial charge in [-0.05, 0) is 30.7 Å². The zero-order valence-corrected chi connectivity index (χ0v) is 18.9. The molecule has 0 radical (unpaired) electrons. The molecule has 1 aliphatic rings. The van der Waals surface area contributed by atoms with E-state index in [0.717, 1.165) is 11.0 Å². The number of esters is 1. The first-order valence-corrected chi connectivity index (χ1v) is 11.8. The first-order chi connectivity index (χ1) is 15.7. The Hall–Kier alpha value is -3.44. The van der Waals surface area contributed by atoms with Crippen molar-refractivity contribution in [3.05, 3.63) is 65.0 Å². The summed E-state index contributed by atoms with van der Waals surface area (Å²) in [5.41, 5.74) is 1.75. The largest absolute Gasteiger partial charge is 0.459 e. The Bertz CT molecular complexity index is 1100. The zero-order valence-electron chi connectivity index (χ0n) is 18.1. The van der Waals surface area contributed by atoms with Gasteiger partial charge in [0.1, 0.15) is 6.54 Å². The Labute approximate surface area is 191 Å². The predicted molar refractivity (Wildman–Crippen MR) is 119 cm³/mol. The van der Waals surface area contributed by atoms with Crippen LogP contribution < -0.4 is 4.72 Å². The van der Waals surface area contributed by atoms with Gasteiger partial charge in [-0.15, -0.1) is 0 Å². The molecule has 1 N–H and O–H groups in total. The maximum absolute atomic E-state index is 12.3. The smallest absolute Gasteiger partial charge is 0.321 e. The van der Waals surface area contributed by atoms with Crippen LogP contribution in [0.1, 0.15) is 21.7 Å². The summed E-state index contributed by atoms with van der Waals surface area (Å²) in [5, 5.41) is 0.958. The molecule has 0 unspecified atom stereocenters. The monoisotopic (exact) mass is 475 g/mol. The van der Waals surface area contributed by atoms with Gasteiger partial charge in [0, 0.05) is 31.6 Å². The third kappa shape index (κ3) is 7.29. The first-order valence-electron chi connectivity index (χ1n) is 10.2. The van der Waals surface area contributed by atoms with E-state index in [9.17, 15) is 22.8 Å². The number of piperazine rings is 1. The lowest BCUT2D eigenvalue weighted by molar-refractivity contribution is -0.151. The van der Waals surface area contributed by atoms with E-state index in [4.69, 9.17) is 9.15 Å². The van der Waals surface area contributed by atoms with Gasteiger partial charge < -0.3 is 19.0 Å². The van der Waals surface area contributed by atoms with Crippen molar-refractivity contribution in [2.75, 3.05) is 39.3 Å². The highest BCUT2D eigenvalue weighted by atomic mass is 32.2. The molecule has 1 aromatic heterocycles. The first kappa shape index (κ1) is 24.2. The highest BCUT2D eigenvalue weighted by Gasteiger charge is 2.26. The van der Waals surface area contributed by atoms with E-state index in [1.807, 2.05) is 19.1 Å². The second-order valence-corrected chi connectivity index (χ2v) is 9.04. The lowest BCUT2D eigenvalue weighted by Gasteiger charge is -2.34. The number of furan rings is 1. The van der Waals surface area contributed by atoms with Crippen LogP contribution in [0.15, 0.2) is 52.5 Å². The van der Waals surface area contributed by atoms with Crippen molar-refractivity contribution < 1.29 is 32.0 Å². The number of ether oxygens (including phenoxy) is 1. The third-order valence-corrected chi connectivity index (χ3v) is 5.98. The standard InChI is InChI=1S/C22H25N3O7S/c1-17-4-6-18(7-5-17)8-14-33(29,30)23-15-21(27)32-16-20(26)24-9-11-25(12-10-24)22(28)19-3-2-13-31-19/h2-8,13-14,23H,9-12,15-16H2,1H3/b14-8+. The molecule has 33 heavy (non-hydrogen) atoms. The third-order valence-electron chi connectivity index (χ3n) is 4.94. The molecule has 0 saturated carbocycles. The maximum Gasteiger partial charge on any atom is 0.321 e. The lowest BCUT2D eigenvalue weighted by atomic mass is 10.2. The Morgan fingerprint density at radius 3 is 2.36 bits per heavy atom. The molecule has 1 fully saturated rings. The minimum Gasteiger partial charge on any atom is -0.459 e. The van der Waals surface area contributed by atoms with Gasteiger partial charge >= 0.3 is 5.97 Å². The van der Waals surface area contributed by atoms with Crippen LogP contribution in [-0.2, 0) is 24.3 Å². The number of carbonyl (C=O) groups excluding carboxylic acids is 3. The summed E-state index contributed by atoms with van der Waals surface area (Å²) in [6, 6.07) is 10.4. The van der Waals surface area contributed by atoms with Gasteiger partial charge in [0.25, 0.3) is 11.8 Å². The quantitative estimate of drug-likeness (QED) is 0.565. The molecule has 2 amide bonds. The second kappa shape index (κ2) is 10.9. The van der Waals surface area contributed by atoms with Crippen molar-refractivity contribution in [1.82, 2.24) is 14.5 Å². The molecular weight excluding hydrogens is 450 g/mol. The van der Waals surface area contributed by atoms with E-state index >= 15 is 0 Å². The fraction of sp³-hybridized carbons (Fsp3) is 0.318. The second-order valence-electron chi connectivity index (χ2n) is 7.39. The molecule has 0 aliphatic carbocycles. The van der Waals surface area contributed by atoms with Crippen LogP contribution in [0.4, 0.5) is 0 Å². The molecule has 0 bridgehead atoms. The Kier molecular flexibility index (Phi) is 8.01. The Balaban J connectivity index is 1.37. The molecule has 1 saturated heterocycles. The molecule has 0 spiro atoms. The summed E-state index contributed by atoms with van der Waals surface area (Å²) in [4.78, 5) is 39.4. The summed E-state index contributed by atoms with van der Waals surface area (Å²) >= 11 is 0. The normalized spacial score (nSPS) is 14.5. The number of carbonyl (C=O) groups is 3. The summed E-state index contributed by atoms with van der Waals surface area (Å²) in [6.07, 6.45) is 2.83. The highest BCUT2D eigenvalue weighted by molar-refractivity contribution is 7.92. The number of nitrogens with zero attached hydrogens (tertiary/aromatic N) is 2. The van der Waals surface area contributed by atoms with Crippen molar-refractivity contribution in [3.8, 4) is 0 Å². The maximum atomic E-state index is 12.3. The van der Waals surface area contributed by atoms with Gasteiger partial charge in [-0.3, -0.25) is 14.4 Å². The van der Waals surface area contributed by atoms with Crippen molar-refractivity contribution in [2.24, 2.45) is 0 Å². The Morgan fingerprint density at radius 2 is 1.73 bits per heavy atom. The number of rotatable bonds is 8. The molecule has 3 rings (SSSR count). The topological polar surface area (TPSA) is 126 Å². The number of amides is 2. The molecular formula is C22H25N3O7S. The van der Waals surface area contributed by atoms with Crippen LogP contribution in [-0.4, -0.2) is 75.3 Å². The summed E-state index contributed by atoms with van der Waals surface area (Å²) in [6.45, 7) is 2.05. The molecule has 2 aromatic rings. The van der Waals surface area contributed by atoms with Crippen molar-refractivity contribution in [3.63, 3.8) is 0 Å². The van der Waals surface area contributed by atoms with E-state index in [1.165, 1.54) is 17.2 Å². The fourth-order valence-corrected chi connectivity index (χ4v) is 3.80. The zero-order chi connectivity index (χ0) is 23.8. The van der Waals surface area contributed by atoms with E-state index in [1.54, 1.807) is 29.2 Å². The van der Waals surface area contributed by atoms with Crippen molar-refractivity contribution >= 4 is 33.9 Å². The van der Waals surface area contributed by atoms with Gasteiger partial charge in [-0.25, -0.2) is 13.1 Å². The van der Waals surface area contributed by atoms with Gasteiger partial charge in [0.2, 0.25) is 10.0 Å². The van der Waals surface area contributed by atoms with Crippen LogP contribution in [0.25, 0.3) is 6.08 Å². The lowest BCUT2D eigenvalue weighted by Crippen LogP contribution is -2.51. The van der Waals surface area contributed by atoms with Crippen LogP contribution >= 0.6 is 0 Å². The summed E-state index contributed by atoms with van der Waals surface area (Å²) < 4.78 is 36.1. The number of nitrogens with one attached hydrogen (secondary N) is 1. The van der Waals surface area contributed by atoms with E-state index in [0.29, 0.717) is 31.7 Å². The fourth-order valence-electron chi connectivity index (χ4n) is 3.05. The molecule has 11 heteroatoms. The number of hydrogen-bond donors (Lipinski definition) is 1. The van der Waals surface area contributed by atoms with E-state index < -0.39 is 35.1 Å². The molecule has 10 nitrogen and oxygen atoms in total. The number of sulfonamides is 1. The number of hydrogen-bond acceptors (Lipinski definition) is 7. The Morgan fingerprint density at radius 1 is 1.06 bits per heavy atom. The van der Waals surface area contributed by atoms with Crippen LogP contribution in [0.5, 0.6) is 0 Å². The average molecular weight is 476 g/mol. The van der Waals surface area contributed by atoms with Crippen LogP contribution in [0, 0.1) is 6.92 Å². The summed E-state index contributed by atoms with van der Waals surface area (Å²) in [5.74, 6) is -1.31. The van der Waals surface area contributed by atoms with E-state index in [-0.39, 0.29) is 11.7 Å². The molecule has 2 heterocycles. The average Bonchev–Trinajstić information content (AvgIpc) is 3.36. The molecule has 0 atom stereocenters. The molecule has 176 valence electrons. The number of aryl methyl sites for hydroxylation is 1. The minimum atomic E-state index is -3.85. The van der Waals surface area contributed by atoms with Crippen LogP contribution in [0.2, 0.25) is 0 Å². The number of benzene rings is 1. The summed E-state index contributed by atoms with van der Waals surface area (Å²) in [7, 11) is -3.85. The molecule has 1 aliphatic heterocycles. The van der Waals surface area contributed by atoms with Gasteiger partial charge in [-0.1, -0.05) is 29.8 Å². The highest BCUT2D eigenvalue weighted by Crippen LogP contribution is 2.10. The van der Waals surface area contributed by atoms with Crippen molar-refractivity contribution in [1.29, 1.82) is 0 Å². The van der Waals surface area contributed by atoms with Crippen LogP contribution in [0.3, 0.4) is 0 Å². The van der Waals surface area contributed by atoms with Gasteiger partial charge in [-0.2, -0.15) is 0 Å². The minimum absolute atomic E-state index is 0.236. The van der Waals surface area contributed by atoms with Gasteiger partial charge in [0.05, 0.1) is 6.26 Å². The van der Waals surface area contributed by atoms with Crippen molar-refractivity contribution in [2.45, 2.75) is 6.92 Å². The SMILES string of the molecule is Cc1ccc(/C=C/S(=O)(=O)NCC(=O)OCC(=O)N2CCN(C(=O)c3ccco3)CC2)cc1. The van der Waals surface area contributed by atoms with Gasteiger partial charge in [0.15, 0.2) is 12.4 Å². The molecule has 1 aromatic carbocycles.